The first-order valence-corrected chi connectivity index (χ1v) is 7.15. The van der Waals surface area contributed by atoms with Gasteiger partial charge in [-0.2, -0.15) is 0 Å². The normalized spacial score (nSPS) is 18.2. The molecule has 1 atom stereocenters. The monoisotopic (exact) mass is 273 g/mol. The maximum absolute atomic E-state index is 11.0. The highest BCUT2D eigenvalue weighted by atomic mass is 32.1. The highest BCUT2D eigenvalue weighted by Crippen LogP contribution is 2.38. The third-order valence-corrected chi connectivity index (χ3v) is 4.51. The van der Waals surface area contributed by atoms with Crippen molar-refractivity contribution in [1.29, 1.82) is 0 Å². The molecule has 1 aliphatic heterocycles. The average molecular weight is 273 g/mol. The maximum atomic E-state index is 11.0. The van der Waals surface area contributed by atoms with Crippen LogP contribution in [0.4, 0.5) is 10.7 Å². The first-order valence-electron chi connectivity index (χ1n) is 6.33. The quantitative estimate of drug-likeness (QED) is 0.905. The molecule has 3 nitrogen and oxygen atoms in total. The largest absolute Gasteiger partial charge is 0.477 e. The molecule has 1 unspecified atom stereocenters. The summed E-state index contributed by atoms with van der Waals surface area (Å²) in [5.41, 5.74) is 2.55. The summed E-state index contributed by atoms with van der Waals surface area (Å²) in [5.74, 6) is -0.278. The van der Waals surface area contributed by atoms with Crippen LogP contribution in [0.2, 0.25) is 0 Å². The van der Waals surface area contributed by atoms with Crippen LogP contribution in [0.25, 0.3) is 0 Å². The van der Waals surface area contributed by atoms with E-state index in [4.69, 9.17) is 5.11 Å². The van der Waals surface area contributed by atoms with Crippen LogP contribution in [-0.2, 0) is 6.42 Å². The molecule has 3 rings (SSSR count). The van der Waals surface area contributed by atoms with Crippen LogP contribution < -0.4 is 4.90 Å². The summed E-state index contributed by atoms with van der Waals surface area (Å²) in [7, 11) is 0. The summed E-state index contributed by atoms with van der Waals surface area (Å²) in [5, 5.41) is 10.0. The molecule has 1 aromatic carbocycles. The van der Waals surface area contributed by atoms with E-state index in [0.29, 0.717) is 10.8 Å². The van der Waals surface area contributed by atoms with E-state index >= 15 is 0 Å². The van der Waals surface area contributed by atoms with Gasteiger partial charge in [0.15, 0.2) is 0 Å². The van der Waals surface area contributed by atoms with E-state index in [1.807, 2.05) is 12.1 Å². The summed E-state index contributed by atoms with van der Waals surface area (Å²) < 4.78 is 0. The number of carbonyl (C=O) groups is 1. The van der Waals surface area contributed by atoms with Crippen LogP contribution in [0, 0.1) is 5.92 Å². The van der Waals surface area contributed by atoms with Crippen LogP contribution in [0.3, 0.4) is 0 Å². The predicted octanol–water partition coefficient (Wildman–Crippen LogP) is 3.78. The Labute approximate surface area is 116 Å². The molecule has 0 saturated heterocycles. The minimum absolute atomic E-state index is 0.394. The molecule has 98 valence electrons. The molecule has 2 aromatic rings. The number of para-hydroxylation sites is 1. The molecule has 0 fully saturated rings. The van der Waals surface area contributed by atoms with Gasteiger partial charge < -0.3 is 10.0 Å². The fourth-order valence-corrected chi connectivity index (χ4v) is 3.46. The van der Waals surface area contributed by atoms with E-state index in [9.17, 15) is 4.79 Å². The van der Waals surface area contributed by atoms with Gasteiger partial charge in [-0.15, -0.1) is 11.3 Å². The number of aromatic carboxylic acids is 1. The van der Waals surface area contributed by atoms with Crippen molar-refractivity contribution >= 4 is 28.0 Å². The van der Waals surface area contributed by atoms with Gasteiger partial charge >= 0.3 is 5.97 Å². The Balaban J connectivity index is 2.02. The molecular weight excluding hydrogens is 258 g/mol. The van der Waals surface area contributed by atoms with Crippen LogP contribution in [0.1, 0.15) is 22.2 Å². The van der Waals surface area contributed by atoms with E-state index in [1.165, 1.54) is 22.6 Å². The molecule has 0 saturated carbocycles. The minimum atomic E-state index is -0.852. The van der Waals surface area contributed by atoms with Gasteiger partial charge in [0.25, 0.3) is 0 Å². The average Bonchev–Trinajstić information content (AvgIpc) is 2.87. The van der Waals surface area contributed by atoms with Gasteiger partial charge in [-0.1, -0.05) is 25.1 Å². The SMILES string of the molecule is CC1Cc2ccccc2N(c2ccc(C(=O)O)s2)C1. The summed E-state index contributed by atoms with van der Waals surface area (Å²) in [6.45, 7) is 3.17. The summed E-state index contributed by atoms with van der Waals surface area (Å²) >= 11 is 1.34. The lowest BCUT2D eigenvalue weighted by Crippen LogP contribution is -2.29. The third-order valence-electron chi connectivity index (χ3n) is 3.41. The number of carboxylic acids is 1. The van der Waals surface area contributed by atoms with Crippen molar-refractivity contribution in [3.63, 3.8) is 0 Å². The smallest absolute Gasteiger partial charge is 0.345 e. The molecule has 1 aromatic heterocycles. The zero-order valence-electron chi connectivity index (χ0n) is 10.7. The Hall–Kier alpha value is -1.81. The molecule has 2 heterocycles. The lowest BCUT2D eigenvalue weighted by atomic mass is 9.94. The predicted molar refractivity (Wildman–Crippen MR) is 77.6 cm³/mol. The van der Waals surface area contributed by atoms with Crippen molar-refractivity contribution in [2.24, 2.45) is 5.92 Å². The van der Waals surface area contributed by atoms with Gasteiger partial charge in [-0.25, -0.2) is 4.79 Å². The lowest BCUT2D eigenvalue weighted by Gasteiger charge is -2.33. The molecule has 0 radical (unpaired) electrons. The second-order valence-electron chi connectivity index (χ2n) is 4.99. The second-order valence-corrected chi connectivity index (χ2v) is 6.05. The molecule has 4 heteroatoms. The lowest BCUT2D eigenvalue weighted by molar-refractivity contribution is 0.0702. The molecule has 0 spiro atoms. The summed E-state index contributed by atoms with van der Waals surface area (Å²) in [6.07, 6.45) is 1.09. The van der Waals surface area contributed by atoms with E-state index in [2.05, 4.69) is 30.0 Å². The molecule has 0 amide bonds. The van der Waals surface area contributed by atoms with E-state index in [0.717, 1.165) is 18.0 Å². The Morgan fingerprint density at radius 3 is 2.84 bits per heavy atom. The molecule has 1 aliphatic rings. The Morgan fingerprint density at radius 1 is 1.32 bits per heavy atom. The van der Waals surface area contributed by atoms with E-state index < -0.39 is 5.97 Å². The van der Waals surface area contributed by atoms with Gasteiger partial charge in [0.2, 0.25) is 0 Å². The number of carboxylic acid groups (broad SMARTS) is 1. The zero-order chi connectivity index (χ0) is 13.4. The molecule has 1 N–H and O–H groups in total. The topological polar surface area (TPSA) is 40.5 Å². The van der Waals surface area contributed by atoms with Crippen molar-refractivity contribution in [2.45, 2.75) is 13.3 Å². The number of thiophene rings is 1. The van der Waals surface area contributed by atoms with Gasteiger partial charge in [-0.05, 0) is 36.1 Å². The Bertz CT molecular complexity index is 620. The molecule has 0 aliphatic carbocycles. The van der Waals surface area contributed by atoms with Crippen LogP contribution in [0.5, 0.6) is 0 Å². The maximum Gasteiger partial charge on any atom is 0.345 e. The molecular formula is C15H15NO2S. The standard InChI is InChI=1S/C15H15NO2S/c1-10-8-11-4-2-3-5-12(11)16(9-10)14-7-6-13(19-14)15(17)18/h2-7,10H,8-9H2,1H3,(H,17,18). The van der Waals surface area contributed by atoms with Gasteiger partial charge in [0.05, 0.1) is 5.00 Å². The van der Waals surface area contributed by atoms with E-state index in [-0.39, 0.29) is 0 Å². The van der Waals surface area contributed by atoms with Crippen molar-refractivity contribution in [2.75, 3.05) is 11.4 Å². The first-order chi connectivity index (χ1) is 9.15. The van der Waals surface area contributed by atoms with Gasteiger partial charge in [-0.3, -0.25) is 0 Å². The number of hydrogen-bond donors (Lipinski definition) is 1. The van der Waals surface area contributed by atoms with Crippen molar-refractivity contribution in [1.82, 2.24) is 0 Å². The number of hydrogen-bond acceptors (Lipinski definition) is 3. The minimum Gasteiger partial charge on any atom is -0.477 e. The van der Waals surface area contributed by atoms with Gasteiger partial charge in [0.1, 0.15) is 4.88 Å². The zero-order valence-corrected chi connectivity index (χ0v) is 11.5. The fraction of sp³-hybridized carbons (Fsp3) is 0.267. The molecule has 0 bridgehead atoms. The van der Waals surface area contributed by atoms with Crippen LogP contribution >= 0.6 is 11.3 Å². The number of rotatable bonds is 2. The number of benzene rings is 1. The molecule has 19 heavy (non-hydrogen) atoms. The second kappa shape index (κ2) is 4.70. The Kier molecular flexibility index (Phi) is 3.03. The summed E-state index contributed by atoms with van der Waals surface area (Å²) in [6, 6.07) is 12.0. The number of nitrogens with zero attached hydrogens (tertiary/aromatic N) is 1. The van der Waals surface area contributed by atoms with Gasteiger partial charge in [0, 0.05) is 12.2 Å². The van der Waals surface area contributed by atoms with Crippen LogP contribution in [0.15, 0.2) is 36.4 Å². The fourth-order valence-electron chi connectivity index (χ4n) is 2.59. The first kappa shape index (κ1) is 12.2. The van der Waals surface area contributed by atoms with Crippen molar-refractivity contribution in [3.8, 4) is 0 Å². The van der Waals surface area contributed by atoms with Crippen LogP contribution in [-0.4, -0.2) is 17.6 Å². The number of fused-ring (bicyclic) bond motifs is 1. The Morgan fingerprint density at radius 2 is 2.11 bits per heavy atom. The number of anilines is 2. The highest BCUT2D eigenvalue weighted by molar-refractivity contribution is 7.17. The highest BCUT2D eigenvalue weighted by Gasteiger charge is 2.24. The van der Waals surface area contributed by atoms with E-state index in [1.54, 1.807) is 6.07 Å². The van der Waals surface area contributed by atoms with Crippen molar-refractivity contribution in [3.05, 3.63) is 46.8 Å². The van der Waals surface area contributed by atoms with Crippen molar-refractivity contribution < 1.29 is 9.90 Å². The third kappa shape index (κ3) is 2.24. The summed E-state index contributed by atoms with van der Waals surface area (Å²) in [4.78, 5) is 13.6.